The molecule has 1 aliphatic carbocycles. The van der Waals surface area contributed by atoms with E-state index in [1.165, 1.54) is 38.5 Å². The average Bonchev–Trinajstić information content (AvgIpc) is 2.60. The van der Waals surface area contributed by atoms with Crippen LogP contribution in [0, 0.1) is 5.41 Å². The first-order valence-electron chi connectivity index (χ1n) is 7.68. The van der Waals surface area contributed by atoms with E-state index in [0.717, 1.165) is 26.1 Å². The van der Waals surface area contributed by atoms with Crippen molar-refractivity contribution in [1.29, 1.82) is 0 Å². The Hall–Kier alpha value is -0.120. The van der Waals surface area contributed by atoms with E-state index in [9.17, 15) is 0 Å². The Kier molecular flexibility index (Phi) is 7.20. The number of aliphatic hydroxyl groups excluding tert-OH is 1. The standard InChI is InChI=1S/C15H32N2O/c1-14(2)17(10-7-11-18)13-15(12-16)8-5-3-4-6-9-15/h14,18H,3-13,16H2,1-2H3. The van der Waals surface area contributed by atoms with E-state index in [2.05, 4.69) is 18.7 Å². The smallest absolute Gasteiger partial charge is 0.0443 e. The minimum absolute atomic E-state index is 0.291. The first-order chi connectivity index (χ1) is 8.63. The van der Waals surface area contributed by atoms with Crippen LogP contribution in [0.5, 0.6) is 0 Å². The molecular weight excluding hydrogens is 224 g/mol. The molecule has 0 amide bonds. The van der Waals surface area contributed by atoms with Crippen molar-refractivity contribution in [2.75, 3.05) is 26.2 Å². The number of nitrogens with zero attached hydrogens (tertiary/aromatic N) is 1. The third kappa shape index (κ3) is 4.87. The molecule has 1 rings (SSSR count). The minimum Gasteiger partial charge on any atom is -0.396 e. The van der Waals surface area contributed by atoms with Gasteiger partial charge in [0, 0.05) is 25.7 Å². The third-order valence-electron chi connectivity index (χ3n) is 4.47. The molecule has 0 saturated heterocycles. The second kappa shape index (κ2) is 8.13. The predicted octanol–water partition coefficient (Wildman–Crippen LogP) is 2.38. The second-order valence-electron chi connectivity index (χ2n) is 6.26. The number of hydrogen-bond donors (Lipinski definition) is 2. The lowest BCUT2D eigenvalue weighted by Crippen LogP contribution is -2.45. The van der Waals surface area contributed by atoms with Crippen molar-refractivity contribution in [2.24, 2.45) is 11.1 Å². The predicted molar refractivity (Wildman–Crippen MR) is 77.6 cm³/mol. The molecule has 1 saturated carbocycles. The molecule has 0 aromatic rings. The van der Waals surface area contributed by atoms with Crippen LogP contribution < -0.4 is 5.73 Å². The molecule has 108 valence electrons. The van der Waals surface area contributed by atoms with Crippen molar-refractivity contribution in [3.63, 3.8) is 0 Å². The molecule has 18 heavy (non-hydrogen) atoms. The van der Waals surface area contributed by atoms with Gasteiger partial charge in [-0.3, -0.25) is 0 Å². The van der Waals surface area contributed by atoms with Gasteiger partial charge >= 0.3 is 0 Å². The average molecular weight is 256 g/mol. The summed E-state index contributed by atoms with van der Waals surface area (Å²) in [6.07, 6.45) is 8.86. The Labute approximate surface area is 113 Å². The van der Waals surface area contributed by atoms with Gasteiger partial charge in [-0.2, -0.15) is 0 Å². The quantitative estimate of drug-likeness (QED) is 0.688. The van der Waals surface area contributed by atoms with Gasteiger partial charge in [-0.15, -0.1) is 0 Å². The van der Waals surface area contributed by atoms with Gasteiger partial charge in [-0.25, -0.2) is 0 Å². The molecule has 0 spiro atoms. The zero-order valence-corrected chi connectivity index (χ0v) is 12.3. The van der Waals surface area contributed by atoms with Crippen LogP contribution in [0.2, 0.25) is 0 Å². The largest absolute Gasteiger partial charge is 0.396 e. The van der Waals surface area contributed by atoms with Crippen LogP contribution >= 0.6 is 0 Å². The van der Waals surface area contributed by atoms with Crippen LogP contribution in [-0.4, -0.2) is 42.3 Å². The van der Waals surface area contributed by atoms with Crippen molar-refractivity contribution >= 4 is 0 Å². The SMILES string of the molecule is CC(C)N(CCCO)CC1(CN)CCCCCC1. The fraction of sp³-hybridized carbons (Fsp3) is 1.00. The van der Waals surface area contributed by atoms with Gasteiger partial charge in [-0.1, -0.05) is 25.7 Å². The van der Waals surface area contributed by atoms with Gasteiger partial charge in [-0.05, 0) is 45.1 Å². The molecule has 3 heteroatoms. The van der Waals surface area contributed by atoms with Crippen molar-refractivity contribution < 1.29 is 5.11 Å². The Morgan fingerprint density at radius 2 is 1.78 bits per heavy atom. The van der Waals surface area contributed by atoms with Crippen LogP contribution in [0.15, 0.2) is 0 Å². The third-order valence-corrected chi connectivity index (χ3v) is 4.47. The normalized spacial score (nSPS) is 20.3. The summed E-state index contributed by atoms with van der Waals surface area (Å²) in [4.78, 5) is 2.51. The molecule has 0 aromatic heterocycles. The Morgan fingerprint density at radius 3 is 2.22 bits per heavy atom. The Morgan fingerprint density at radius 1 is 1.17 bits per heavy atom. The summed E-state index contributed by atoms with van der Waals surface area (Å²) in [6, 6.07) is 0.545. The van der Waals surface area contributed by atoms with E-state index in [0.29, 0.717) is 18.1 Å². The Bertz CT molecular complexity index is 211. The van der Waals surface area contributed by atoms with E-state index >= 15 is 0 Å². The first-order valence-corrected chi connectivity index (χ1v) is 7.68. The number of aliphatic hydroxyl groups is 1. The lowest BCUT2D eigenvalue weighted by Gasteiger charge is -2.39. The number of hydrogen-bond acceptors (Lipinski definition) is 3. The highest BCUT2D eigenvalue weighted by molar-refractivity contribution is 4.86. The second-order valence-corrected chi connectivity index (χ2v) is 6.26. The topological polar surface area (TPSA) is 49.5 Å². The fourth-order valence-electron chi connectivity index (χ4n) is 3.13. The summed E-state index contributed by atoms with van der Waals surface area (Å²) in [5.41, 5.74) is 6.44. The first kappa shape index (κ1) is 15.9. The summed E-state index contributed by atoms with van der Waals surface area (Å²) in [6.45, 7) is 7.71. The maximum absolute atomic E-state index is 9.02. The Balaban J connectivity index is 2.61. The van der Waals surface area contributed by atoms with Crippen molar-refractivity contribution in [2.45, 2.75) is 64.8 Å². The summed E-state index contributed by atoms with van der Waals surface area (Å²) in [7, 11) is 0. The van der Waals surface area contributed by atoms with Gasteiger partial charge in [0.1, 0.15) is 0 Å². The van der Waals surface area contributed by atoms with Crippen LogP contribution in [0.3, 0.4) is 0 Å². The van der Waals surface area contributed by atoms with Crippen molar-refractivity contribution in [3.05, 3.63) is 0 Å². The van der Waals surface area contributed by atoms with Crippen LogP contribution in [-0.2, 0) is 0 Å². The molecular formula is C15H32N2O. The molecule has 0 aromatic carbocycles. The van der Waals surface area contributed by atoms with Crippen LogP contribution in [0.4, 0.5) is 0 Å². The van der Waals surface area contributed by atoms with Gasteiger partial charge in [0.15, 0.2) is 0 Å². The van der Waals surface area contributed by atoms with Crippen molar-refractivity contribution in [3.8, 4) is 0 Å². The molecule has 1 fully saturated rings. The molecule has 0 heterocycles. The van der Waals surface area contributed by atoms with E-state index in [-0.39, 0.29) is 0 Å². The highest BCUT2D eigenvalue weighted by Crippen LogP contribution is 2.35. The maximum Gasteiger partial charge on any atom is 0.0443 e. The molecule has 1 aliphatic rings. The molecule has 0 aliphatic heterocycles. The van der Waals surface area contributed by atoms with E-state index in [1.54, 1.807) is 0 Å². The molecule has 0 atom stereocenters. The van der Waals surface area contributed by atoms with E-state index < -0.39 is 0 Å². The lowest BCUT2D eigenvalue weighted by molar-refractivity contribution is 0.103. The molecule has 0 unspecified atom stereocenters. The van der Waals surface area contributed by atoms with E-state index in [4.69, 9.17) is 10.8 Å². The molecule has 3 nitrogen and oxygen atoms in total. The highest BCUT2D eigenvalue weighted by Gasteiger charge is 2.32. The fourth-order valence-corrected chi connectivity index (χ4v) is 3.13. The molecule has 0 bridgehead atoms. The minimum atomic E-state index is 0.291. The zero-order valence-electron chi connectivity index (χ0n) is 12.3. The summed E-state index contributed by atoms with van der Waals surface area (Å²) < 4.78 is 0. The van der Waals surface area contributed by atoms with Gasteiger partial charge in [0.2, 0.25) is 0 Å². The molecule has 3 N–H and O–H groups in total. The maximum atomic E-state index is 9.02. The van der Waals surface area contributed by atoms with Crippen LogP contribution in [0.1, 0.15) is 58.8 Å². The molecule has 0 radical (unpaired) electrons. The van der Waals surface area contributed by atoms with Gasteiger partial charge < -0.3 is 15.7 Å². The summed E-state index contributed by atoms with van der Waals surface area (Å²) in [5, 5.41) is 9.02. The van der Waals surface area contributed by atoms with Gasteiger partial charge in [0.05, 0.1) is 0 Å². The van der Waals surface area contributed by atoms with Crippen molar-refractivity contribution in [1.82, 2.24) is 4.90 Å². The summed E-state index contributed by atoms with van der Waals surface area (Å²) in [5.74, 6) is 0. The monoisotopic (exact) mass is 256 g/mol. The van der Waals surface area contributed by atoms with Gasteiger partial charge in [0.25, 0.3) is 0 Å². The zero-order chi connectivity index (χ0) is 13.4. The number of rotatable bonds is 7. The summed E-state index contributed by atoms with van der Waals surface area (Å²) >= 11 is 0. The van der Waals surface area contributed by atoms with E-state index in [1.807, 2.05) is 0 Å². The van der Waals surface area contributed by atoms with Crippen LogP contribution in [0.25, 0.3) is 0 Å². The number of nitrogens with two attached hydrogens (primary N) is 1. The highest BCUT2D eigenvalue weighted by atomic mass is 16.3. The lowest BCUT2D eigenvalue weighted by atomic mass is 9.79.